The molecule has 0 bridgehead atoms. The summed E-state index contributed by atoms with van der Waals surface area (Å²) >= 11 is 0. The number of hydrogen-bond acceptors (Lipinski definition) is 15. The van der Waals surface area contributed by atoms with Gasteiger partial charge in [0.05, 0.1) is 26.4 Å². The minimum atomic E-state index is -4.96. The monoisotopic (exact) mass is 1490 g/mol. The third kappa shape index (κ3) is 74.9. The molecular formula is C83H162O17P2. The van der Waals surface area contributed by atoms with Gasteiger partial charge in [0.1, 0.15) is 19.3 Å². The van der Waals surface area contributed by atoms with Crippen LogP contribution in [0.15, 0.2) is 0 Å². The van der Waals surface area contributed by atoms with Crippen molar-refractivity contribution in [3.63, 3.8) is 0 Å². The van der Waals surface area contributed by atoms with Crippen LogP contribution in [-0.2, 0) is 65.4 Å². The molecule has 0 rings (SSSR count). The van der Waals surface area contributed by atoms with Gasteiger partial charge in [-0.25, -0.2) is 9.13 Å². The zero-order valence-corrected chi connectivity index (χ0v) is 68.7. The highest BCUT2D eigenvalue weighted by Gasteiger charge is 2.30. The third-order valence-corrected chi connectivity index (χ3v) is 21.7. The van der Waals surface area contributed by atoms with Crippen molar-refractivity contribution in [1.82, 2.24) is 0 Å². The van der Waals surface area contributed by atoms with Crippen LogP contribution in [0.25, 0.3) is 0 Å². The Morgan fingerprint density at radius 3 is 0.745 bits per heavy atom. The molecule has 0 saturated carbocycles. The van der Waals surface area contributed by atoms with Gasteiger partial charge in [-0.3, -0.25) is 37.3 Å². The number of esters is 4. The molecule has 606 valence electrons. The average molecular weight is 1490 g/mol. The molecule has 0 aromatic carbocycles. The molecule has 0 spiro atoms. The number of carbonyl (C=O) groups excluding carboxylic acids is 4. The van der Waals surface area contributed by atoms with E-state index in [1.165, 1.54) is 250 Å². The summed E-state index contributed by atoms with van der Waals surface area (Å²) < 4.78 is 68.7. The summed E-state index contributed by atoms with van der Waals surface area (Å²) in [6, 6.07) is 0. The second-order valence-corrected chi connectivity index (χ2v) is 33.5. The smallest absolute Gasteiger partial charge is 0.462 e. The highest BCUT2D eigenvalue weighted by atomic mass is 31.2. The van der Waals surface area contributed by atoms with Crippen LogP contribution in [0.1, 0.15) is 440 Å². The number of carbonyl (C=O) groups is 4. The van der Waals surface area contributed by atoms with E-state index < -0.39 is 97.5 Å². The maximum atomic E-state index is 13.1. The van der Waals surface area contributed by atoms with Gasteiger partial charge >= 0.3 is 39.5 Å². The van der Waals surface area contributed by atoms with Gasteiger partial charge < -0.3 is 33.8 Å². The molecule has 0 aliphatic heterocycles. The minimum Gasteiger partial charge on any atom is -0.462 e. The first-order valence-corrected chi connectivity index (χ1v) is 46.0. The van der Waals surface area contributed by atoms with Crippen molar-refractivity contribution in [1.29, 1.82) is 0 Å². The summed E-state index contributed by atoms with van der Waals surface area (Å²) in [5.74, 6) is -0.687. The quantitative estimate of drug-likeness (QED) is 0.0222. The number of phosphoric acid groups is 2. The Morgan fingerprint density at radius 2 is 0.500 bits per heavy atom. The molecule has 6 atom stereocenters. The first-order chi connectivity index (χ1) is 49.4. The number of unbranched alkanes of at least 4 members (excludes halogenated alkanes) is 51. The van der Waals surface area contributed by atoms with Gasteiger partial charge in [-0.1, -0.05) is 388 Å². The lowest BCUT2D eigenvalue weighted by atomic mass is 10.00. The van der Waals surface area contributed by atoms with Crippen LogP contribution in [-0.4, -0.2) is 96.7 Å². The first kappa shape index (κ1) is 100. The number of hydrogen-bond donors (Lipinski definition) is 3. The van der Waals surface area contributed by atoms with Crippen LogP contribution < -0.4 is 0 Å². The van der Waals surface area contributed by atoms with E-state index in [0.29, 0.717) is 31.6 Å². The highest BCUT2D eigenvalue weighted by molar-refractivity contribution is 7.47. The van der Waals surface area contributed by atoms with Gasteiger partial charge in [0, 0.05) is 25.7 Å². The molecule has 0 radical (unpaired) electrons. The summed E-state index contributed by atoms with van der Waals surface area (Å²) in [7, 11) is -9.92. The van der Waals surface area contributed by atoms with Crippen molar-refractivity contribution >= 4 is 39.5 Å². The van der Waals surface area contributed by atoms with Crippen molar-refractivity contribution in [2.45, 2.75) is 458 Å². The molecule has 0 fully saturated rings. The Labute approximate surface area is 626 Å². The Bertz CT molecular complexity index is 1960. The van der Waals surface area contributed by atoms with Crippen molar-refractivity contribution < 1.29 is 80.2 Å². The highest BCUT2D eigenvalue weighted by Crippen LogP contribution is 2.45. The van der Waals surface area contributed by atoms with E-state index in [0.717, 1.165) is 102 Å². The molecule has 0 aliphatic carbocycles. The summed E-state index contributed by atoms with van der Waals surface area (Å²) in [5, 5.41) is 10.6. The fourth-order valence-electron chi connectivity index (χ4n) is 12.9. The van der Waals surface area contributed by atoms with Crippen molar-refractivity contribution in [3.05, 3.63) is 0 Å². The third-order valence-electron chi connectivity index (χ3n) is 19.8. The zero-order chi connectivity index (χ0) is 74.9. The van der Waals surface area contributed by atoms with Gasteiger partial charge in [0.15, 0.2) is 12.2 Å². The van der Waals surface area contributed by atoms with Gasteiger partial charge in [0.2, 0.25) is 0 Å². The van der Waals surface area contributed by atoms with E-state index in [-0.39, 0.29) is 25.7 Å². The molecule has 3 unspecified atom stereocenters. The SMILES string of the molecule is CCCCCCCCCCCCCCCCCCCCCCCCC(=O)O[C@H](COC(=O)CCCCCCCCCCCCCCCCCCCCCC)COP(=O)(O)OC[C@@H](O)COP(=O)(O)OC[C@@H](COC(=O)CCCCCCCCC(C)CC)OC(=O)CCCCCCCCCC(C)C. The molecule has 3 N–H and O–H groups in total. The molecule has 0 saturated heterocycles. The van der Waals surface area contributed by atoms with E-state index in [9.17, 15) is 43.2 Å². The van der Waals surface area contributed by atoms with Gasteiger partial charge in [-0.15, -0.1) is 0 Å². The molecule has 17 nitrogen and oxygen atoms in total. The maximum Gasteiger partial charge on any atom is 0.472 e. The van der Waals surface area contributed by atoms with Crippen LogP contribution >= 0.6 is 15.6 Å². The van der Waals surface area contributed by atoms with Crippen LogP contribution in [0, 0.1) is 11.8 Å². The molecule has 0 heterocycles. The number of aliphatic hydroxyl groups excluding tert-OH is 1. The number of phosphoric ester groups is 2. The molecule has 102 heavy (non-hydrogen) atoms. The summed E-state index contributed by atoms with van der Waals surface area (Å²) in [6.07, 6.45) is 65.7. The Hall–Kier alpha value is -1.94. The summed E-state index contributed by atoms with van der Waals surface area (Å²) in [4.78, 5) is 73.0. The van der Waals surface area contributed by atoms with Crippen molar-refractivity contribution in [2.24, 2.45) is 11.8 Å². The van der Waals surface area contributed by atoms with Crippen molar-refractivity contribution in [3.8, 4) is 0 Å². The molecule has 0 amide bonds. The second-order valence-electron chi connectivity index (χ2n) is 30.6. The Kier molecular flexibility index (Phi) is 73.1. The average Bonchev–Trinajstić information content (AvgIpc) is 1.06. The van der Waals surface area contributed by atoms with E-state index in [2.05, 4.69) is 41.5 Å². The van der Waals surface area contributed by atoms with Crippen LogP contribution in [0.2, 0.25) is 0 Å². The maximum absolute atomic E-state index is 13.1. The van der Waals surface area contributed by atoms with E-state index in [1.54, 1.807) is 0 Å². The predicted octanol–water partition coefficient (Wildman–Crippen LogP) is 25.1. The number of rotatable bonds is 82. The molecule has 0 aromatic heterocycles. The zero-order valence-electron chi connectivity index (χ0n) is 66.9. The topological polar surface area (TPSA) is 237 Å². The summed E-state index contributed by atoms with van der Waals surface area (Å²) in [5.41, 5.74) is 0. The Balaban J connectivity index is 5.18. The fraction of sp³-hybridized carbons (Fsp3) is 0.952. The minimum absolute atomic E-state index is 0.103. The number of aliphatic hydroxyl groups is 1. The molecule has 0 aromatic rings. The van der Waals surface area contributed by atoms with E-state index >= 15 is 0 Å². The lowest BCUT2D eigenvalue weighted by Crippen LogP contribution is -2.30. The molecule has 0 aliphatic rings. The number of ether oxygens (including phenoxy) is 4. The second kappa shape index (κ2) is 74.5. The van der Waals surface area contributed by atoms with E-state index in [1.807, 2.05) is 0 Å². The van der Waals surface area contributed by atoms with Crippen LogP contribution in [0.4, 0.5) is 0 Å². The van der Waals surface area contributed by atoms with Crippen LogP contribution in [0.3, 0.4) is 0 Å². The lowest BCUT2D eigenvalue weighted by molar-refractivity contribution is -0.161. The molecule has 19 heteroatoms. The van der Waals surface area contributed by atoms with Crippen LogP contribution in [0.5, 0.6) is 0 Å². The van der Waals surface area contributed by atoms with Gasteiger partial charge in [-0.2, -0.15) is 0 Å². The Morgan fingerprint density at radius 1 is 0.284 bits per heavy atom. The van der Waals surface area contributed by atoms with Gasteiger partial charge in [-0.05, 0) is 37.5 Å². The van der Waals surface area contributed by atoms with E-state index in [4.69, 9.17) is 37.0 Å². The van der Waals surface area contributed by atoms with Crippen molar-refractivity contribution in [2.75, 3.05) is 39.6 Å². The predicted molar refractivity (Wildman–Crippen MR) is 418 cm³/mol. The normalized spacial score (nSPS) is 14.1. The first-order valence-electron chi connectivity index (χ1n) is 43.0. The van der Waals surface area contributed by atoms with Gasteiger partial charge in [0.25, 0.3) is 0 Å². The summed E-state index contributed by atoms with van der Waals surface area (Å²) in [6.45, 7) is 9.52. The fourth-order valence-corrected chi connectivity index (χ4v) is 14.4. The standard InChI is InChI=1S/C83H162O17P2/c1-7-10-12-14-16-18-20-22-24-26-28-30-31-33-35-37-39-41-43-47-55-61-67-82(87)99-78(71-93-80(85)65-59-53-46-42-40-38-36-34-32-29-27-25-23-21-19-17-15-13-11-8-2)73-97-101(89,90)95-69-77(84)70-96-102(91,92)98-74-79(100-83(88)68-62-56-48-44-45-51-57-63-75(4)5)72-94-81(86)66-60-54-50-49-52-58-64-76(6)9-3/h75-79,84H,7-74H2,1-6H3,(H,89,90)(H,91,92)/t76?,77-,78-,79-/m1/s1. The molecular weight excluding hydrogens is 1330 g/mol. The largest absolute Gasteiger partial charge is 0.472 e. The lowest BCUT2D eigenvalue weighted by Gasteiger charge is -2.21.